The Labute approximate surface area is 203 Å². The van der Waals surface area contributed by atoms with Crippen molar-refractivity contribution in [2.45, 2.75) is 0 Å². The van der Waals surface area contributed by atoms with E-state index in [9.17, 15) is 9.59 Å². The number of carbonyl (C=O) groups excluding carboxylic acids is 2. The summed E-state index contributed by atoms with van der Waals surface area (Å²) in [4.78, 5) is 32.7. The minimum absolute atomic E-state index is 0.0707. The van der Waals surface area contributed by atoms with Crippen molar-refractivity contribution in [3.05, 3.63) is 137 Å². The Morgan fingerprint density at radius 1 is 0.771 bits per heavy atom. The fourth-order valence-corrected chi connectivity index (χ4v) is 3.99. The Morgan fingerprint density at radius 2 is 1.37 bits per heavy atom. The summed E-state index contributed by atoms with van der Waals surface area (Å²) in [5, 5.41) is 0. The van der Waals surface area contributed by atoms with Gasteiger partial charge in [0.1, 0.15) is 17.3 Å². The third-order valence-corrected chi connectivity index (χ3v) is 5.75. The Morgan fingerprint density at radius 3 is 2.06 bits per heavy atom. The van der Waals surface area contributed by atoms with E-state index in [4.69, 9.17) is 9.73 Å². The Kier molecular flexibility index (Phi) is 6.05. The van der Waals surface area contributed by atoms with Gasteiger partial charge in [-0.2, -0.15) is 0 Å². The molecule has 0 atom stereocenters. The molecule has 4 aromatic rings. The highest BCUT2D eigenvalue weighted by Crippen LogP contribution is 2.30. The summed E-state index contributed by atoms with van der Waals surface area (Å²) in [6.07, 6.45) is 1.73. The van der Waals surface area contributed by atoms with Gasteiger partial charge in [0.2, 0.25) is 0 Å². The molecule has 4 aromatic carbocycles. The lowest BCUT2D eigenvalue weighted by atomic mass is 10.0. The van der Waals surface area contributed by atoms with Gasteiger partial charge in [0.15, 0.2) is 5.78 Å². The summed E-state index contributed by atoms with van der Waals surface area (Å²) in [7, 11) is 1.59. The fourth-order valence-electron chi connectivity index (χ4n) is 3.99. The van der Waals surface area contributed by atoms with Gasteiger partial charge in [0.25, 0.3) is 5.91 Å². The Bertz CT molecular complexity index is 1440. The van der Waals surface area contributed by atoms with Crippen molar-refractivity contribution < 1.29 is 14.3 Å². The molecule has 5 nitrogen and oxygen atoms in total. The lowest BCUT2D eigenvalue weighted by Gasteiger charge is -2.19. The number of ketones is 1. The molecule has 170 valence electrons. The van der Waals surface area contributed by atoms with Crippen molar-refractivity contribution in [2.75, 3.05) is 12.0 Å². The molecule has 0 unspecified atom stereocenters. The normalized spacial score (nSPS) is 14.2. The van der Waals surface area contributed by atoms with Gasteiger partial charge in [-0.05, 0) is 36.4 Å². The largest absolute Gasteiger partial charge is 0.496 e. The predicted molar refractivity (Wildman–Crippen MR) is 138 cm³/mol. The summed E-state index contributed by atoms with van der Waals surface area (Å²) in [5.41, 5.74) is 3.68. The number of hydrogen-bond donors (Lipinski definition) is 0. The van der Waals surface area contributed by atoms with Crippen molar-refractivity contribution in [1.82, 2.24) is 0 Å². The number of aliphatic imine (C=N–C) groups is 1. The van der Waals surface area contributed by atoms with E-state index in [1.165, 1.54) is 0 Å². The zero-order valence-corrected chi connectivity index (χ0v) is 19.1. The third kappa shape index (κ3) is 4.39. The van der Waals surface area contributed by atoms with Crippen LogP contribution >= 0.6 is 0 Å². The first-order chi connectivity index (χ1) is 17.2. The summed E-state index contributed by atoms with van der Waals surface area (Å²) in [5.74, 6) is 0.862. The van der Waals surface area contributed by atoms with Crippen LogP contribution < -0.4 is 9.64 Å². The molecule has 0 fully saturated rings. The smallest absolute Gasteiger partial charge is 0.282 e. The molecule has 5 heteroatoms. The van der Waals surface area contributed by atoms with E-state index in [2.05, 4.69) is 0 Å². The molecule has 0 N–H and O–H groups in total. The quantitative estimate of drug-likeness (QED) is 0.273. The monoisotopic (exact) mass is 458 g/mol. The van der Waals surface area contributed by atoms with E-state index >= 15 is 0 Å². The van der Waals surface area contributed by atoms with Gasteiger partial charge in [-0.1, -0.05) is 78.9 Å². The van der Waals surface area contributed by atoms with Gasteiger partial charge in [-0.3, -0.25) is 14.5 Å². The second kappa shape index (κ2) is 9.61. The lowest BCUT2D eigenvalue weighted by molar-refractivity contribution is -0.113. The van der Waals surface area contributed by atoms with Crippen LogP contribution in [0.15, 0.2) is 120 Å². The summed E-state index contributed by atoms with van der Waals surface area (Å²) in [6, 6.07) is 33.2. The van der Waals surface area contributed by atoms with E-state index < -0.39 is 0 Å². The maximum atomic E-state index is 13.6. The van der Waals surface area contributed by atoms with Gasteiger partial charge in [0.05, 0.1) is 12.8 Å². The molecule has 0 saturated heterocycles. The maximum Gasteiger partial charge on any atom is 0.282 e. The number of amidine groups is 1. The van der Waals surface area contributed by atoms with Crippen LogP contribution in [0.25, 0.3) is 6.08 Å². The highest BCUT2D eigenvalue weighted by molar-refractivity contribution is 6.33. The van der Waals surface area contributed by atoms with Crippen molar-refractivity contribution in [3.8, 4) is 5.75 Å². The number of anilines is 1. The summed E-state index contributed by atoms with van der Waals surface area (Å²) in [6.45, 7) is 0. The molecule has 1 aliphatic rings. The van der Waals surface area contributed by atoms with Crippen LogP contribution in [0.1, 0.15) is 27.0 Å². The second-order valence-corrected chi connectivity index (χ2v) is 7.96. The SMILES string of the molecule is COc1ccccc1/C=C1\N=C(c2ccccc2)N(c2ccc(C(=O)c3ccccc3)cc2)C1=O. The minimum atomic E-state index is -0.253. The van der Waals surface area contributed by atoms with Gasteiger partial charge >= 0.3 is 0 Å². The second-order valence-electron chi connectivity index (χ2n) is 7.96. The van der Waals surface area contributed by atoms with Crippen molar-refractivity contribution in [3.63, 3.8) is 0 Å². The summed E-state index contributed by atoms with van der Waals surface area (Å²) >= 11 is 0. The first-order valence-electron chi connectivity index (χ1n) is 11.2. The molecule has 0 spiro atoms. The standard InChI is InChI=1S/C30H22N2O3/c1-35-27-15-9-8-14-24(27)20-26-30(34)32(29(31-26)23-12-6-3-7-13-23)25-18-16-22(17-19-25)28(33)21-10-4-2-5-11-21/h2-20H,1H3/b26-20-. The molecule has 0 radical (unpaired) electrons. The molecule has 35 heavy (non-hydrogen) atoms. The van der Waals surface area contributed by atoms with E-state index in [-0.39, 0.29) is 11.7 Å². The number of rotatable bonds is 6. The molecule has 1 aliphatic heterocycles. The molecular formula is C30H22N2O3. The van der Waals surface area contributed by atoms with E-state index in [1.54, 1.807) is 54.5 Å². The van der Waals surface area contributed by atoms with Gasteiger partial charge in [-0.25, -0.2) is 4.99 Å². The van der Waals surface area contributed by atoms with E-state index in [0.717, 1.165) is 11.1 Å². The van der Waals surface area contributed by atoms with Gasteiger partial charge < -0.3 is 4.74 Å². The predicted octanol–water partition coefficient (Wildman–Crippen LogP) is 5.76. The van der Waals surface area contributed by atoms with Crippen molar-refractivity contribution in [1.29, 1.82) is 0 Å². The van der Waals surface area contributed by atoms with E-state index in [0.29, 0.717) is 34.1 Å². The minimum Gasteiger partial charge on any atom is -0.496 e. The highest BCUT2D eigenvalue weighted by Gasteiger charge is 2.32. The van der Waals surface area contributed by atoms with Crippen molar-refractivity contribution in [2.24, 2.45) is 4.99 Å². The van der Waals surface area contributed by atoms with Crippen LogP contribution in [-0.4, -0.2) is 24.6 Å². The molecule has 0 saturated carbocycles. The van der Waals surface area contributed by atoms with Crippen LogP contribution in [0.3, 0.4) is 0 Å². The third-order valence-electron chi connectivity index (χ3n) is 5.75. The van der Waals surface area contributed by atoms with Crippen LogP contribution in [0, 0.1) is 0 Å². The molecule has 0 aromatic heterocycles. The highest BCUT2D eigenvalue weighted by atomic mass is 16.5. The van der Waals surface area contributed by atoms with Crippen LogP contribution in [0.5, 0.6) is 5.75 Å². The van der Waals surface area contributed by atoms with Crippen molar-refractivity contribution >= 4 is 29.3 Å². The molecule has 1 amide bonds. The lowest BCUT2D eigenvalue weighted by Crippen LogP contribution is -2.32. The zero-order chi connectivity index (χ0) is 24.2. The number of para-hydroxylation sites is 1. The first kappa shape index (κ1) is 22.0. The summed E-state index contributed by atoms with van der Waals surface area (Å²) < 4.78 is 5.44. The zero-order valence-electron chi connectivity index (χ0n) is 19.1. The molecular weight excluding hydrogens is 436 g/mol. The maximum absolute atomic E-state index is 13.6. The topological polar surface area (TPSA) is 59.0 Å². The number of hydrogen-bond acceptors (Lipinski definition) is 4. The Balaban J connectivity index is 1.53. The van der Waals surface area contributed by atoms with Gasteiger partial charge in [0, 0.05) is 22.3 Å². The molecule has 0 bridgehead atoms. The van der Waals surface area contributed by atoms with Crippen LogP contribution in [0.2, 0.25) is 0 Å². The Hall–Kier alpha value is -4.77. The number of ether oxygens (including phenoxy) is 1. The molecule has 0 aliphatic carbocycles. The van der Waals surface area contributed by atoms with Gasteiger partial charge in [-0.15, -0.1) is 0 Å². The number of benzene rings is 4. The average Bonchev–Trinajstić information content (AvgIpc) is 3.25. The average molecular weight is 459 g/mol. The number of amides is 1. The van der Waals surface area contributed by atoms with Crippen LogP contribution in [-0.2, 0) is 4.79 Å². The number of nitrogens with zero attached hydrogens (tertiary/aromatic N) is 2. The van der Waals surface area contributed by atoms with E-state index in [1.807, 2.05) is 72.8 Å². The number of methoxy groups -OCH3 is 1. The van der Waals surface area contributed by atoms with Crippen LogP contribution in [0.4, 0.5) is 5.69 Å². The first-order valence-corrected chi connectivity index (χ1v) is 11.2. The molecule has 5 rings (SSSR count). The fraction of sp³-hybridized carbons (Fsp3) is 0.0333. The number of carbonyl (C=O) groups is 2. The molecule has 1 heterocycles.